The summed E-state index contributed by atoms with van der Waals surface area (Å²) in [6, 6.07) is -0.0309. The number of rotatable bonds is 6. The number of amides is 3. The SMILES string of the molecule is CN(CC1CCn2ccnc2C1)C(=O)NCCCN1CCCC1=O. The summed E-state index contributed by atoms with van der Waals surface area (Å²) in [5.74, 6) is 1.84. The molecule has 7 nitrogen and oxygen atoms in total. The van der Waals surface area contributed by atoms with E-state index in [4.69, 9.17) is 0 Å². The Hall–Kier alpha value is -2.05. The van der Waals surface area contributed by atoms with Crippen LogP contribution in [0.2, 0.25) is 0 Å². The van der Waals surface area contributed by atoms with E-state index in [1.807, 2.05) is 24.3 Å². The summed E-state index contributed by atoms with van der Waals surface area (Å²) in [6.07, 6.45) is 8.33. The summed E-state index contributed by atoms with van der Waals surface area (Å²) in [5, 5.41) is 2.95. The number of aryl methyl sites for hydroxylation is 1. The van der Waals surface area contributed by atoms with E-state index in [0.29, 0.717) is 18.9 Å². The van der Waals surface area contributed by atoms with Crippen LogP contribution < -0.4 is 5.32 Å². The van der Waals surface area contributed by atoms with Crippen LogP contribution >= 0.6 is 0 Å². The van der Waals surface area contributed by atoms with E-state index in [9.17, 15) is 9.59 Å². The van der Waals surface area contributed by atoms with Crippen molar-refractivity contribution >= 4 is 11.9 Å². The number of carbonyl (C=O) groups is 2. The van der Waals surface area contributed by atoms with Crippen LogP contribution in [-0.2, 0) is 17.8 Å². The number of aromatic nitrogens is 2. The van der Waals surface area contributed by atoms with Crippen molar-refractivity contribution in [3.8, 4) is 0 Å². The molecule has 0 saturated carbocycles. The van der Waals surface area contributed by atoms with Gasteiger partial charge >= 0.3 is 6.03 Å². The lowest BCUT2D eigenvalue weighted by atomic mass is 9.97. The summed E-state index contributed by atoms with van der Waals surface area (Å²) in [5.41, 5.74) is 0. The molecule has 132 valence electrons. The quantitative estimate of drug-likeness (QED) is 0.793. The van der Waals surface area contributed by atoms with Crippen LogP contribution in [0, 0.1) is 5.92 Å². The van der Waals surface area contributed by atoms with Gasteiger partial charge in [-0.1, -0.05) is 0 Å². The topological polar surface area (TPSA) is 70.5 Å². The number of nitrogens with one attached hydrogen (secondary N) is 1. The van der Waals surface area contributed by atoms with E-state index in [1.54, 1.807) is 4.90 Å². The van der Waals surface area contributed by atoms with Crippen molar-refractivity contribution in [2.75, 3.05) is 33.2 Å². The Balaban J connectivity index is 1.34. The number of carbonyl (C=O) groups excluding carboxylic acids is 2. The largest absolute Gasteiger partial charge is 0.343 e. The first-order chi connectivity index (χ1) is 11.6. The van der Waals surface area contributed by atoms with Gasteiger partial charge in [0.15, 0.2) is 0 Å². The number of nitrogens with zero attached hydrogens (tertiary/aromatic N) is 4. The van der Waals surface area contributed by atoms with Crippen molar-refractivity contribution in [3.63, 3.8) is 0 Å². The predicted molar refractivity (Wildman–Crippen MR) is 90.5 cm³/mol. The highest BCUT2D eigenvalue weighted by Gasteiger charge is 2.22. The first kappa shape index (κ1) is 16.8. The second-order valence-electron chi connectivity index (χ2n) is 6.85. The van der Waals surface area contributed by atoms with E-state index in [-0.39, 0.29) is 11.9 Å². The molecule has 1 N–H and O–H groups in total. The van der Waals surface area contributed by atoms with Crippen LogP contribution in [0.4, 0.5) is 4.79 Å². The second-order valence-corrected chi connectivity index (χ2v) is 6.85. The fourth-order valence-corrected chi connectivity index (χ4v) is 3.58. The zero-order valence-electron chi connectivity index (χ0n) is 14.4. The van der Waals surface area contributed by atoms with Crippen LogP contribution in [0.15, 0.2) is 12.4 Å². The normalized spacial score (nSPS) is 20.1. The number of hydrogen-bond acceptors (Lipinski definition) is 3. The van der Waals surface area contributed by atoms with Crippen molar-refractivity contribution < 1.29 is 9.59 Å². The van der Waals surface area contributed by atoms with Gasteiger partial charge in [0.05, 0.1) is 0 Å². The molecule has 0 spiro atoms. The third kappa shape index (κ3) is 4.07. The van der Waals surface area contributed by atoms with Crippen LogP contribution in [0.25, 0.3) is 0 Å². The maximum Gasteiger partial charge on any atom is 0.317 e. The second kappa shape index (κ2) is 7.68. The molecule has 0 aromatic carbocycles. The Labute approximate surface area is 143 Å². The Morgan fingerprint density at radius 1 is 1.46 bits per heavy atom. The van der Waals surface area contributed by atoms with Crippen molar-refractivity contribution in [1.29, 1.82) is 0 Å². The molecule has 24 heavy (non-hydrogen) atoms. The minimum Gasteiger partial charge on any atom is -0.343 e. The van der Waals surface area contributed by atoms with Gasteiger partial charge in [0.25, 0.3) is 0 Å². The predicted octanol–water partition coefficient (Wildman–Crippen LogP) is 1.10. The minimum absolute atomic E-state index is 0.0309. The number of urea groups is 1. The van der Waals surface area contributed by atoms with Crippen molar-refractivity contribution in [2.24, 2.45) is 5.92 Å². The molecule has 1 unspecified atom stereocenters. The highest BCUT2D eigenvalue weighted by Crippen LogP contribution is 2.19. The van der Waals surface area contributed by atoms with Gasteiger partial charge in [-0.05, 0) is 25.2 Å². The molecule has 0 radical (unpaired) electrons. The number of hydrogen-bond donors (Lipinski definition) is 1. The molecule has 3 rings (SSSR count). The Bertz CT molecular complexity index is 585. The molecule has 1 atom stereocenters. The molecule has 3 heterocycles. The average molecular weight is 333 g/mol. The van der Waals surface area contributed by atoms with Gasteiger partial charge in [-0.3, -0.25) is 4.79 Å². The monoisotopic (exact) mass is 333 g/mol. The van der Waals surface area contributed by atoms with Gasteiger partial charge in [-0.15, -0.1) is 0 Å². The average Bonchev–Trinajstić information content (AvgIpc) is 3.19. The third-order valence-electron chi connectivity index (χ3n) is 4.98. The molecule has 1 aromatic heterocycles. The lowest BCUT2D eigenvalue weighted by molar-refractivity contribution is -0.127. The molecule has 2 aliphatic rings. The van der Waals surface area contributed by atoms with Crippen LogP contribution in [-0.4, -0.2) is 64.5 Å². The van der Waals surface area contributed by atoms with Gasteiger partial charge < -0.3 is 19.7 Å². The molecule has 7 heteroatoms. The maximum absolute atomic E-state index is 12.2. The molecule has 1 fully saturated rings. The zero-order chi connectivity index (χ0) is 16.9. The van der Waals surface area contributed by atoms with Crippen LogP contribution in [0.1, 0.15) is 31.5 Å². The third-order valence-corrected chi connectivity index (χ3v) is 4.98. The lowest BCUT2D eigenvalue weighted by Gasteiger charge is -2.28. The van der Waals surface area contributed by atoms with Crippen LogP contribution in [0.3, 0.4) is 0 Å². The van der Waals surface area contributed by atoms with E-state index in [1.165, 1.54) is 0 Å². The summed E-state index contributed by atoms with van der Waals surface area (Å²) in [4.78, 5) is 31.7. The lowest BCUT2D eigenvalue weighted by Crippen LogP contribution is -2.42. The van der Waals surface area contributed by atoms with Gasteiger partial charge in [0.2, 0.25) is 5.91 Å². The zero-order valence-corrected chi connectivity index (χ0v) is 14.4. The number of imidazole rings is 1. The van der Waals surface area contributed by atoms with Gasteiger partial charge in [-0.25, -0.2) is 9.78 Å². The Morgan fingerprint density at radius 2 is 2.33 bits per heavy atom. The number of fused-ring (bicyclic) bond motifs is 1. The molecular formula is C17H27N5O2. The van der Waals surface area contributed by atoms with Crippen molar-refractivity contribution in [3.05, 3.63) is 18.2 Å². The maximum atomic E-state index is 12.2. The molecular weight excluding hydrogens is 306 g/mol. The molecule has 0 bridgehead atoms. The van der Waals surface area contributed by atoms with E-state index < -0.39 is 0 Å². The highest BCUT2D eigenvalue weighted by molar-refractivity contribution is 5.78. The van der Waals surface area contributed by atoms with E-state index in [2.05, 4.69) is 14.9 Å². The highest BCUT2D eigenvalue weighted by atomic mass is 16.2. The Kier molecular flexibility index (Phi) is 5.37. The molecule has 1 saturated heterocycles. The Morgan fingerprint density at radius 3 is 3.12 bits per heavy atom. The molecule has 0 aliphatic carbocycles. The van der Waals surface area contributed by atoms with Gasteiger partial charge in [0, 0.05) is 65.0 Å². The minimum atomic E-state index is -0.0309. The van der Waals surface area contributed by atoms with Crippen molar-refractivity contribution in [2.45, 2.75) is 38.6 Å². The summed E-state index contributed by atoms with van der Waals surface area (Å²) in [6.45, 7) is 3.96. The first-order valence-electron chi connectivity index (χ1n) is 8.90. The molecule has 1 aromatic rings. The first-order valence-corrected chi connectivity index (χ1v) is 8.90. The fourth-order valence-electron chi connectivity index (χ4n) is 3.58. The summed E-state index contributed by atoms with van der Waals surface area (Å²) in [7, 11) is 1.85. The smallest absolute Gasteiger partial charge is 0.317 e. The fraction of sp³-hybridized carbons (Fsp3) is 0.706. The van der Waals surface area contributed by atoms with E-state index in [0.717, 1.165) is 57.7 Å². The number of likely N-dealkylation sites (tertiary alicyclic amines) is 1. The summed E-state index contributed by atoms with van der Waals surface area (Å²) >= 11 is 0. The standard InChI is InChI=1S/C17H27N5O2/c1-20(13-14-5-10-21-11-7-18-15(21)12-14)17(24)19-6-3-9-22-8-2-4-16(22)23/h7,11,14H,2-6,8-10,12-13H2,1H3,(H,19,24). The molecule has 3 amide bonds. The van der Waals surface area contributed by atoms with Crippen molar-refractivity contribution in [1.82, 2.24) is 24.7 Å². The van der Waals surface area contributed by atoms with Crippen LogP contribution in [0.5, 0.6) is 0 Å². The molecule has 2 aliphatic heterocycles. The van der Waals surface area contributed by atoms with E-state index >= 15 is 0 Å². The summed E-state index contributed by atoms with van der Waals surface area (Å²) < 4.78 is 2.19. The van der Waals surface area contributed by atoms with Gasteiger partial charge in [-0.2, -0.15) is 0 Å². The van der Waals surface area contributed by atoms with Gasteiger partial charge in [0.1, 0.15) is 5.82 Å².